The van der Waals surface area contributed by atoms with Crippen molar-refractivity contribution < 1.29 is 19.7 Å². The van der Waals surface area contributed by atoms with Crippen molar-refractivity contribution in [2.24, 2.45) is 5.92 Å². The van der Waals surface area contributed by atoms with Gasteiger partial charge in [-0.05, 0) is 25.7 Å². The molecule has 84 valence electrons. The first-order valence-corrected chi connectivity index (χ1v) is 4.90. The molecule has 0 saturated carbocycles. The van der Waals surface area contributed by atoms with Crippen LogP contribution in [0, 0.1) is 5.92 Å². The van der Waals surface area contributed by atoms with E-state index in [0.29, 0.717) is 12.8 Å². The minimum absolute atomic E-state index is 0.0252. The quantitative estimate of drug-likeness (QED) is 0.613. The zero-order valence-corrected chi connectivity index (χ0v) is 9.12. The molecule has 0 heterocycles. The maximum atomic E-state index is 11.0. The summed E-state index contributed by atoms with van der Waals surface area (Å²) in [5, 5.41) is 17.5. The Morgan fingerprint density at radius 2 is 2.07 bits per heavy atom. The molecule has 1 unspecified atom stereocenters. The lowest BCUT2D eigenvalue weighted by atomic mass is 9.94. The molecule has 0 aliphatic rings. The Bertz CT molecular complexity index is 179. The molecule has 0 saturated heterocycles. The van der Waals surface area contributed by atoms with Gasteiger partial charge in [0.25, 0.3) is 0 Å². The number of hydrogen-bond acceptors (Lipinski definition) is 3. The highest BCUT2D eigenvalue weighted by atomic mass is 16.5. The molecule has 0 aliphatic carbocycles. The number of carboxylic acid groups (broad SMARTS) is 1. The Hall–Kier alpha value is -0.610. The van der Waals surface area contributed by atoms with Crippen LogP contribution in [0.1, 0.15) is 33.6 Å². The molecule has 0 aromatic heterocycles. The van der Waals surface area contributed by atoms with E-state index in [-0.39, 0.29) is 19.1 Å². The molecule has 0 fully saturated rings. The Morgan fingerprint density at radius 1 is 1.50 bits per heavy atom. The Morgan fingerprint density at radius 3 is 2.43 bits per heavy atom. The Labute approximate surface area is 84.9 Å². The summed E-state index contributed by atoms with van der Waals surface area (Å²) in [6.07, 6.45) is 0.953. The lowest BCUT2D eigenvalue weighted by Gasteiger charge is -2.26. The molecule has 2 N–H and O–H groups in total. The maximum Gasteiger partial charge on any atom is 0.335 e. The van der Waals surface area contributed by atoms with Crippen LogP contribution >= 0.6 is 0 Å². The molecule has 0 amide bonds. The topological polar surface area (TPSA) is 66.8 Å². The lowest BCUT2D eigenvalue weighted by Crippen LogP contribution is -2.40. The number of rotatable bonds is 7. The van der Waals surface area contributed by atoms with Crippen LogP contribution in [-0.2, 0) is 9.53 Å². The molecule has 0 aliphatic heterocycles. The summed E-state index contributed by atoms with van der Waals surface area (Å²) in [6.45, 7) is 5.79. The van der Waals surface area contributed by atoms with E-state index < -0.39 is 11.6 Å². The summed E-state index contributed by atoms with van der Waals surface area (Å²) in [4.78, 5) is 11.0. The molecule has 4 heteroatoms. The molecule has 0 aromatic carbocycles. The van der Waals surface area contributed by atoms with Crippen molar-refractivity contribution in [3.63, 3.8) is 0 Å². The highest BCUT2D eigenvalue weighted by molar-refractivity contribution is 5.76. The van der Waals surface area contributed by atoms with E-state index in [9.17, 15) is 4.79 Å². The fourth-order valence-electron chi connectivity index (χ4n) is 1.35. The van der Waals surface area contributed by atoms with Crippen LogP contribution in [0.2, 0.25) is 0 Å². The fourth-order valence-corrected chi connectivity index (χ4v) is 1.35. The number of aliphatic hydroxyl groups excluding tert-OH is 1. The second-order valence-corrected chi connectivity index (χ2v) is 4.06. The summed E-state index contributed by atoms with van der Waals surface area (Å²) in [5.74, 6) is -0.672. The number of ether oxygens (including phenoxy) is 1. The van der Waals surface area contributed by atoms with E-state index in [0.717, 1.165) is 0 Å². The predicted octanol–water partition coefficient (Wildman–Crippen LogP) is 1.27. The SMILES string of the molecule is CC(C)CC(C)(OCCCO)C(=O)O. The highest BCUT2D eigenvalue weighted by Gasteiger charge is 2.34. The molecule has 14 heavy (non-hydrogen) atoms. The van der Waals surface area contributed by atoms with Crippen molar-refractivity contribution >= 4 is 5.97 Å². The first-order valence-electron chi connectivity index (χ1n) is 4.90. The predicted molar refractivity (Wildman–Crippen MR) is 53.2 cm³/mol. The summed E-state index contributed by atoms with van der Waals surface area (Å²) >= 11 is 0. The Balaban J connectivity index is 4.17. The normalized spacial score (nSPS) is 15.5. The summed E-state index contributed by atoms with van der Waals surface area (Å²) in [7, 11) is 0. The van der Waals surface area contributed by atoms with Gasteiger partial charge in [0.05, 0.1) is 6.61 Å². The van der Waals surface area contributed by atoms with Crippen molar-refractivity contribution in [3.8, 4) is 0 Å². The van der Waals surface area contributed by atoms with E-state index >= 15 is 0 Å². The van der Waals surface area contributed by atoms with E-state index in [1.54, 1.807) is 6.92 Å². The van der Waals surface area contributed by atoms with Gasteiger partial charge >= 0.3 is 5.97 Å². The first kappa shape index (κ1) is 13.4. The highest BCUT2D eigenvalue weighted by Crippen LogP contribution is 2.21. The summed E-state index contributed by atoms with van der Waals surface area (Å²) in [5.41, 5.74) is -1.12. The number of hydrogen-bond donors (Lipinski definition) is 2. The lowest BCUT2D eigenvalue weighted by molar-refractivity contribution is -0.166. The van der Waals surface area contributed by atoms with Gasteiger partial charge in [-0.1, -0.05) is 13.8 Å². The fraction of sp³-hybridized carbons (Fsp3) is 0.900. The van der Waals surface area contributed by atoms with E-state index in [2.05, 4.69) is 0 Å². The van der Waals surface area contributed by atoms with Gasteiger partial charge in [-0.15, -0.1) is 0 Å². The van der Waals surface area contributed by atoms with Gasteiger partial charge in [0.2, 0.25) is 0 Å². The van der Waals surface area contributed by atoms with Crippen molar-refractivity contribution in [2.75, 3.05) is 13.2 Å². The monoisotopic (exact) mass is 204 g/mol. The van der Waals surface area contributed by atoms with E-state index in [4.69, 9.17) is 14.9 Å². The molecular weight excluding hydrogens is 184 g/mol. The molecule has 0 rings (SSSR count). The third-order valence-electron chi connectivity index (χ3n) is 1.97. The number of carbonyl (C=O) groups is 1. The molecular formula is C10H20O4. The number of aliphatic carboxylic acids is 1. The number of aliphatic hydroxyl groups is 1. The van der Waals surface area contributed by atoms with Crippen LogP contribution < -0.4 is 0 Å². The van der Waals surface area contributed by atoms with Gasteiger partial charge in [-0.25, -0.2) is 4.79 Å². The third-order valence-corrected chi connectivity index (χ3v) is 1.97. The van der Waals surface area contributed by atoms with Gasteiger partial charge in [-0.3, -0.25) is 0 Å². The first-order chi connectivity index (χ1) is 6.42. The molecule has 0 bridgehead atoms. The van der Waals surface area contributed by atoms with Crippen molar-refractivity contribution in [1.29, 1.82) is 0 Å². The van der Waals surface area contributed by atoms with Crippen molar-refractivity contribution in [3.05, 3.63) is 0 Å². The minimum atomic E-state index is -1.12. The van der Waals surface area contributed by atoms with Crippen LogP contribution in [0.25, 0.3) is 0 Å². The molecule has 0 radical (unpaired) electrons. The van der Waals surface area contributed by atoms with Crippen LogP contribution in [0.5, 0.6) is 0 Å². The second-order valence-electron chi connectivity index (χ2n) is 4.06. The van der Waals surface area contributed by atoms with E-state index in [1.165, 1.54) is 0 Å². The summed E-state index contributed by atoms with van der Waals surface area (Å²) < 4.78 is 5.28. The van der Waals surface area contributed by atoms with Crippen LogP contribution in [0.3, 0.4) is 0 Å². The largest absolute Gasteiger partial charge is 0.479 e. The Kier molecular flexibility index (Phi) is 5.72. The van der Waals surface area contributed by atoms with Crippen molar-refractivity contribution in [1.82, 2.24) is 0 Å². The van der Waals surface area contributed by atoms with Gasteiger partial charge in [-0.2, -0.15) is 0 Å². The second kappa shape index (κ2) is 5.98. The van der Waals surface area contributed by atoms with Crippen LogP contribution in [-0.4, -0.2) is 35.0 Å². The van der Waals surface area contributed by atoms with Gasteiger partial charge in [0.1, 0.15) is 0 Å². The molecule has 0 aromatic rings. The molecule has 0 spiro atoms. The van der Waals surface area contributed by atoms with Crippen LogP contribution in [0.4, 0.5) is 0 Å². The van der Waals surface area contributed by atoms with Gasteiger partial charge < -0.3 is 14.9 Å². The smallest absolute Gasteiger partial charge is 0.335 e. The van der Waals surface area contributed by atoms with Crippen molar-refractivity contribution in [2.45, 2.75) is 39.2 Å². The minimum Gasteiger partial charge on any atom is -0.479 e. The maximum absolute atomic E-state index is 11.0. The zero-order valence-electron chi connectivity index (χ0n) is 9.12. The van der Waals surface area contributed by atoms with E-state index in [1.807, 2.05) is 13.8 Å². The van der Waals surface area contributed by atoms with Gasteiger partial charge in [0.15, 0.2) is 5.60 Å². The summed E-state index contributed by atoms with van der Waals surface area (Å²) in [6, 6.07) is 0. The molecule has 1 atom stereocenters. The standard InChI is InChI=1S/C10H20O4/c1-8(2)7-10(3,9(12)13)14-6-4-5-11/h8,11H,4-7H2,1-3H3,(H,12,13). The molecule has 4 nitrogen and oxygen atoms in total. The van der Waals surface area contributed by atoms with Gasteiger partial charge in [0, 0.05) is 6.61 Å². The average Bonchev–Trinajstić information content (AvgIpc) is 2.03. The van der Waals surface area contributed by atoms with Crippen LogP contribution in [0.15, 0.2) is 0 Å². The zero-order chi connectivity index (χ0) is 11.2. The average molecular weight is 204 g/mol. The third kappa shape index (κ3) is 4.58. The number of carboxylic acids is 1.